The molecule has 0 spiro atoms. The van der Waals surface area contributed by atoms with Gasteiger partial charge in [-0.15, -0.1) is 0 Å². The van der Waals surface area contributed by atoms with Gasteiger partial charge in [0, 0.05) is 19.2 Å². The molecule has 0 aliphatic carbocycles. The van der Waals surface area contributed by atoms with Crippen LogP contribution in [-0.4, -0.2) is 17.9 Å². The van der Waals surface area contributed by atoms with Crippen LogP contribution in [0.15, 0.2) is 12.1 Å². The molecule has 1 amide bonds. The van der Waals surface area contributed by atoms with Gasteiger partial charge in [-0.3, -0.25) is 14.9 Å². The molecule has 1 aromatic carbocycles. The summed E-state index contributed by atoms with van der Waals surface area (Å²) in [7, 11) is 1.40. The highest BCUT2D eigenvalue weighted by atomic mass is 35.5. The fraction of sp³-hybridized carbons (Fsp3) is 0.125. The van der Waals surface area contributed by atoms with Crippen LogP contribution in [0.25, 0.3) is 0 Å². The van der Waals surface area contributed by atoms with Gasteiger partial charge in [-0.1, -0.05) is 11.6 Å². The fourth-order valence-electron chi connectivity index (χ4n) is 1.03. The molecule has 0 unspecified atom stereocenters. The summed E-state index contributed by atoms with van der Waals surface area (Å²) in [4.78, 5) is 21.1. The Morgan fingerprint density at radius 3 is 2.67 bits per heavy atom. The van der Waals surface area contributed by atoms with Crippen molar-refractivity contribution in [3.63, 3.8) is 0 Å². The fourth-order valence-corrected chi connectivity index (χ4v) is 1.25. The SMILES string of the molecule is CNC(=O)c1cc([N+](=O)[O-])cc(Cl)c1N. The number of benzene rings is 1. The van der Waals surface area contributed by atoms with E-state index in [-0.39, 0.29) is 22.0 Å². The molecule has 7 heteroatoms. The minimum absolute atomic E-state index is 0.00306. The molecule has 0 atom stereocenters. The molecule has 0 saturated heterocycles. The zero-order chi connectivity index (χ0) is 11.6. The number of hydrogen-bond donors (Lipinski definition) is 2. The first-order valence-electron chi connectivity index (χ1n) is 3.93. The van der Waals surface area contributed by atoms with Crippen LogP contribution in [0.1, 0.15) is 10.4 Å². The van der Waals surface area contributed by atoms with Crippen LogP contribution in [-0.2, 0) is 0 Å². The zero-order valence-corrected chi connectivity index (χ0v) is 8.54. The van der Waals surface area contributed by atoms with E-state index in [0.717, 1.165) is 12.1 Å². The quantitative estimate of drug-likeness (QED) is 0.452. The number of rotatable bonds is 2. The minimum Gasteiger partial charge on any atom is -0.397 e. The minimum atomic E-state index is -0.641. The summed E-state index contributed by atoms with van der Waals surface area (Å²) >= 11 is 5.65. The molecule has 6 nitrogen and oxygen atoms in total. The standard InChI is InChI=1S/C8H8ClN3O3/c1-11-8(13)5-2-4(12(14)15)3-6(9)7(5)10/h2-3H,10H2,1H3,(H,11,13). The van der Waals surface area contributed by atoms with Crippen LogP contribution < -0.4 is 11.1 Å². The van der Waals surface area contributed by atoms with E-state index in [4.69, 9.17) is 17.3 Å². The second kappa shape index (κ2) is 4.14. The number of halogens is 1. The summed E-state index contributed by atoms with van der Waals surface area (Å²) in [5, 5.41) is 12.8. The van der Waals surface area contributed by atoms with Crippen molar-refractivity contribution in [2.75, 3.05) is 12.8 Å². The Kier molecular flexibility index (Phi) is 3.11. The van der Waals surface area contributed by atoms with Crippen LogP contribution >= 0.6 is 11.6 Å². The van der Waals surface area contributed by atoms with E-state index in [0.29, 0.717) is 0 Å². The number of non-ortho nitro benzene ring substituents is 1. The largest absolute Gasteiger partial charge is 0.397 e. The van der Waals surface area contributed by atoms with Gasteiger partial charge in [0.25, 0.3) is 11.6 Å². The molecular formula is C8H8ClN3O3. The van der Waals surface area contributed by atoms with Crippen molar-refractivity contribution in [2.45, 2.75) is 0 Å². The number of nitro benzene ring substituents is 1. The lowest BCUT2D eigenvalue weighted by Gasteiger charge is -2.05. The van der Waals surface area contributed by atoms with Crippen LogP contribution in [0.4, 0.5) is 11.4 Å². The number of nitrogen functional groups attached to an aromatic ring is 1. The van der Waals surface area contributed by atoms with Crippen molar-refractivity contribution in [1.29, 1.82) is 0 Å². The average Bonchev–Trinajstić information content (AvgIpc) is 2.20. The number of amides is 1. The van der Waals surface area contributed by atoms with E-state index in [9.17, 15) is 14.9 Å². The third-order valence-electron chi connectivity index (χ3n) is 1.80. The molecule has 0 aliphatic heterocycles. The van der Waals surface area contributed by atoms with E-state index in [2.05, 4.69) is 5.32 Å². The van der Waals surface area contributed by atoms with Crippen LogP contribution in [0.3, 0.4) is 0 Å². The Hall–Kier alpha value is -1.82. The lowest BCUT2D eigenvalue weighted by atomic mass is 10.1. The monoisotopic (exact) mass is 229 g/mol. The molecule has 1 aromatic rings. The zero-order valence-electron chi connectivity index (χ0n) is 7.78. The summed E-state index contributed by atoms with van der Waals surface area (Å²) in [6.07, 6.45) is 0. The van der Waals surface area contributed by atoms with Gasteiger partial charge in [-0.25, -0.2) is 0 Å². The van der Waals surface area contributed by atoms with Gasteiger partial charge >= 0.3 is 0 Å². The maximum atomic E-state index is 11.3. The predicted molar refractivity (Wildman–Crippen MR) is 55.9 cm³/mol. The van der Waals surface area contributed by atoms with Gasteiger partial charge in [0.1, 0.15) is 0 Å². The lowest BCUT2D eigenvalue weighted by molar-refractivity contribution is -0.384. The highest BCUT2D eigenvalue weighted by molar-refractivity contribution is 6.34. The van der Waals surface area contributed by atoms with Crippen molar-refractivity contribution in [3.05, 3.63) is 32.8 Å². The maximum Gasteiger partial charge on any atom is 0.271 e. The topological polar surface area (TPSA) is 98.3 Å². The number of nitrogens with two attached hydrogens (primary N) is 1. The lowest BCUT2D eigenvalue weighted by Crippen LogP contribution is -2.19. The van der Waals surface area contributed by atoms with Gasteiger partial charge in [0.05, 0.1) is 21.2 Å². The van der Waals surface area contributed by atoms with E-state index in [1.807, 2.05) is 0 Å². The van der Waals surface area contributed by atoms with Crippen molar-refractivity contribution >= 4 is 28.9 Å². The van der Waals surface area contributed by atoms with Crippen LogP contribution in [0.5, 0.6) is 0 Å². The molecule has 0 aliphatic rings. The third-order valence-corrected chi connectivity index (χ3v) is 2.11. The van der Waals surface area contributed by atoms with Crippen molar-refractivity contribution in [1.82, 2.24) is 5.32 Å². The number of anilines is 1. The predicted octanol–water partition coefficient (Wildman–Crippen LogP) is 1.19. The Bertz CT molecular complexity index is 433. The molecule has 80 valence electrons. The molecule has 0 radical (unpaired) electrons. The number of hydrogen-bond acceptors (Lipinski definition) is 4. The van der Waals surface area contributed by atoms with E-state index >= 15 is 0 Å². The third kappa shape index (κ3) is 2.16. The normalized spacial score (nSPS) is 9.73. The van der Waals surface area contributed by atoms with Gasteiger partial charge in [-0.2, -0.15) is 0 Å². The van der Waals surface area contributed by atoms with Crippen LogP contribution in [0, 0.1) is 10.1 Å². The molecule has 0 bridgehead atoms. The Morgan fingerprint density at radius 1 is 1.60 bits per heavy atom. The molecule has 0 saturated carbocycles. The molecule has 0 aromatic heterocycles. The molecule has 15 heavy (non-hydrogen) atoms. The van der Waals surface area contributed by atoms with Gasteiger partial charge in [0.2, 0.25) is 0 Å². The van der Waals surface area contributed by atoms with Crippen LogP contribution in [0.2, 0.25) is 5.02 Å². The molecule has 1 rings (SSSR count). The molecule has 0 heterocycles. The Morgan fingerprint density at radius 2 is 2.20 bits per heavy atom. The second-order valence-electron chi connectivity index (χ2n) is 2.73. The highest BCUT2D eigenvalue weighted by Crippen LogP contribution is 2.28. The smallest absolute Gasteiger partial charge is 0.271 e. The molecule has 0 fully saturated rings. The number of nitrogens with zero attached hydrogens (tertiary/aromatic N) is 1. The number of nitro groups is 1. The summed E-state index contributed by atoms with van der Waals surface area (Å²) in [5.74, 6) is -0.516. The molecule has 3 N–H and O–H groups in total. The highest BCUT2D eigenvalue weighted by Gasteiger charge is 2.17. The Labute approximate surface area is 90.2 Å². The number of nitrogens with one attached hydrogen (secondary N) is 1. The number of carbonyl (C=O) groups excluding carboxylic acids is 1. The Balaban J connectivity index is 3.37. The summed E-state index contributed by atoms with van der Waals surface area (Å²) < 4.78 is 0. The van der Waals surface area contributed by atoms with E-state index in [1.165, 1.54) is 7.05 Å². The first kappa shape index (κ1) is 11.3. The first-order chi connectivity index (χ1) is 6.97. The first-order valence-corrected chi connectivity index (χ1v) is 4.30. The maximum absolute atomic E-state index is 11.3. The van der Waals surface area contributed by atoms with Gasteiger partial charge in [0.15, 0.2) is 0 Å². The van der Waals surface area contributed by atoms with Crippen molar-refractivity contribution in [2.24, 2.45) is 0 Å². The van der Waals surface area contributed by atoms with Crippen molar-refractivity contribution < 1.29 is 9.72 Å². The molecular weight excluding hydrogens is 222 g/mol. The summed E-state index contributed by atoms with van der Waals surface area (Å²) in [6, 6.07) is 2.18. The second-order valence-corrected chi connectivity index (χ2v) is 3.13. The van der Waals surface area contributed by atoms with Crippen molar-refractivity contribution in [3.8, 4) is 0 Å². The van der Waals surface area contributed by atoms with Gasteiger partial charge in [-0.05, 0) is 0 Å². The van der Waals surface area contributed by atoms with E-state index in [1.54, 1.807) is 0 Å². The van der Waals surface area contributed by atoms with E-state index < -0.39 is 10.8 Å². The summed E-state index contributed by atoms with van der Waals surface area (Å²) in [6.45, 7) is 0. The summed E-state index contributed by atoms with van der Waals surface area (Å²) in [5.41, 5.74) is 5.27. The average molecular weight is 230 g/mol. The number of carbonyl (C=O) groups is 1. The van der Waals surface area contributed by atoms with Gasteiger partial charge < -0.3 is 11.1 Å².